The summed E-state index contributed by atoms with van der Waals surface area (Å²) in [4.78, 5) is 12.6. The highest BCUT2D eigenvalue weighted by atomic mass is 32.1. The van der Waals surface area contributed by atoms with Crippen molar-refractivity contribution in [3.8, 4) is 22.2 Å². The van der Waals surface area contributed by atoms with Gasteiger partial charge in [0.05, 0.1) is 24.5 Å². The zero-order chi connectivity index (χ0) is 26.8. The molecule has 4 heterocycles. The maximum Gasteiger partial charge on any atom is 0.259 e. The van der Waals surface area contributed by atoms with Gasteiger partial charge in [-0.15, -0.1) is 10.2 Å². The van der Waals surface area contributed by atoms with Gasteiger partial charge in [-0.05, 0) is 62.9 Å². The second-order valence-electron chi connectivity index (χ2n) is 10.4. The van der Waals surface area contributed by atoms with E-state index in [0.717, 1.165) is 60.7 Å². The van der Waals surface area contributed by atoms with Crippen LogP contribution in [0.25, 0.3) is 22.2 Å². The molecular formula is C28H33N7O3S. The van der Waals surface area contributed by atoms with E-state index >= 15 is 0 Å². The van der Waals surface area contributed by atoms with E-state index in [1.54, 1.807) is 6.20 Å². The fraction of sp³-hybridized carbons (Fsp3) is 0.429. The first-order valence-electron chi connectivity index (χ1n) is 13.4. The normalized spacial score (nSPS) is 23.7. The predicted octanol–water partition coefficient (Wildman–Crippen LogP) is 4.93. The molecule has 4 aromatic rings. The highest BCUT2D eigenvalue weighted by Crippen LogP contribution is 2.32. The van der Waals surface area contributed by atoms with Crippen LogP contribution in [0.5, 0.6) is 0 Å². The molecule has 0 amide bonds. The zero-order valence-corrected chi connectivity index (χ0v) is 22.9. The number of morpholine rings is 1. The summed E-state index contributed by atoms with van der Waals surface area (Å²) in [5.41, 5.74) is 2.02. The van der Waals surface area contributed by atoms with E-state index in [1.165, 1.54) is 11.3 Å². The lowest BCUT2D eigenvalue weighted by atomic mass is 10.1. The van der Waals surface area contributed by atoms with Gasteiger partial charge in [0, 0.05) is 31.2 Å². The first kappa shape index (κ1) is 25.9. The smallest absolute Gasteiger partial charge is 0.259 e. The lowest BCUT2D eigenvalue weighted by Crippen LogP contribution is -2.44. The first-order valence-corrected chi connectivity index (χ1v) is 14.2. The molecule has 1 aliphatic heterocycles. The number of nitrogens with zero attached hydrogens (tertiary/aromatic N) is 5. The number of aromatic nitrogens is 4. The Balaban J connectivity index is 1.21. The van der Waals surface area contributed by atoms with Crippen LogP contribution in [0.2, 0.25) is 0 Å². The molecule has 4 atom stereocenters. The summed E-state index contributed by atoms with van der Waals surface area (Å²) < 4.78 is 11.8. The van der Waals surface area contributed by atoms with Crippen molar-refractivity contribution < 1.29 is 14.3 Å². The minimum absolute atomic E-state index is 0.201. The number of hydrogen-bond acceptors (Lipinski definition) is 11. The van der Waals surface area contributed by atoms with Crippen molar-refractivity contribution in [1.29, 1.82) is 0 Å². The molecule has 204 valence electrons. The molecule has 0 bridgehead atoms. The van der Waals surface area contributed by atoms with E-state index < -0.39 is 0 Å². The van der Waals surface area contributed by atoms with E-state index in [0.29, 0.717) is 22.7 Å². The zero-order valence-electron chi connectivity index (χ0n) is 22.1. The lowest BCUT2D eigenvalue weighted by molar-refractivity contribution is -0.0704. The highest BCUT2D eigenvalue weighted by molar-refractivity contribution is 7.18. The number of rotatable bonds is 8. The standard InChI is InChI=1S/C28H33N7O3S/c1-17-14-35(15-18(2)37-17)16-19-10-24(30-21-8-9-22(36)12-21)31-25(11-19)32-28-29-13-23(39-28)27-34-33-26(38-27)20-6-4-3-5-7-20/h3-7,10-11,13,17-18,21-22,36H,8-9,12,14-16H2,1-2H3,(H2,29,30,31,32)/t17-,18+,21-,22-/m0/s1. The second-order valence-corrected chi connectivity index (χ2v) is 11.5. The number of ether oxygens (including phenoxy) is 1. The van der Waals surface area contributed by atoms with E-state index in [-0.39, 0.29) is 24.4 Å². The average Bonchev–Trinajstić information content (AvgIpc) is 3.65. The number of pyridine rings is 1. The van der Waals surface area contributed by atoms with Crippen molar-refractivity contribution in [3.63, 3.8) is 0 Å². The van der Waals surface area contributed by atoms with Gasteiger partial charge >= 0.3 is 0 Å². The Morgan fingerprint density at radius 2 is 1.79 bits per heavy atom. The van der Waals surface area contributed by atoms with Gasteiger partial charge in [-0.2, -0.15) is 0 Å². The van der Waals surface area contributed by atoms with Gasteiger partial charge in [-0.3, -0.25) is 4.90 Å². The van der Waals surface area contributed by atoms with E-state index in [2.05, 4.69) is 56.7 Å². The Morgan fingerprint density at radius 1 is 1.03 bits per heavy atom. The third-order valence-electron chi connectivity index (χ3n) is 6.94. The molecule has 3 N–H and O–H groups in total. The third kappa shape index (κ3) is 6.44. The van der Waals surface area contributed by atoms with Crippen molar-refractivity contribution in [3.05, 3.63) is 54.2 Å². The van der Waals surface area contributed by atoms with Crippen molar-refractivity contribution in [2.75, 3.05) is 23.7 Å². The Kier molecular flexibility index (Phi) is 7.55. The van der Waals surface area contributed by atoms with Gasteiger partial charge in [-0.1, -0.05) is 29.5 Å². The van der Waals surface area contributed by atoms with Crippen LogP contribution in [0.15, 0.2) is 53.1 Å². The second kappa shape index (κ2) is 11.4. The summed E-state index contributed by atoms with van der Waals surface area (Å²) in [6.45, 7) is 6.81. The number of aliphatic hydroxyl groups is 1. The van der Waals surface area contributed by atoms with Crippen LogP contribution in [0.3, 0.4) is 0 Å². The fourth-order valence-electron chi connectivity index (χ4n) is 5.35. The molecule has 0 spiro atoms. The van der Waals surface area contributed by atoms with Crippen LogP contribution in [-0.2, 0) is 11.3 Å². The van der Waals surface area contributed by atoms with Crippen LogP contribution < -0.4 is 10.6 Å². The first-order chi connectivity index (χ1) is 19.0. The van der Waals surface area contributed by atoms with Crippen molar-refractivity contribution in [2.45, 2.75) is 64.0 Å². The summed E-state index contributed by atoms with van der Waals surface area (Å²) in [5, 5.41) is 26.0. The Labute approximate surface area is 231 Å². The Hall–Kier alpha value is -3.38. The van der Waals surface area contributed by atoms with Crippen LogP contribution in [0.1, 0.15) is 38.7 Å². The summed E-state index contributed by atoms with van der Waals surface area (Å²) >= 11 is 1.43. The van der Waals surface area contributed by atoms with Gasteiger partial charge < -0.3 is 24.9 Å². The third-order valence-corrected chi connectivity index (χ3v) is 7.84. The number of hydrogen-bond donors (Lipinski definition) is 3. The number of thiazole rings is 1. The van der Waals surface area contributed by atoms with E-state index in [4.69, 9.17) is 14.1 Å². The van der Waals surface area contributed by atoms with Gasteiger partial charge in [0.25, 0.3) is 5.89 Å². The number of anilines is 3. The van der Waals surface area contributed by atoms with Crippen LogP contribution in [0, 0.1) is 0 Å². The molecular weight excluding hydrogens is 514 g/mol. The van der Waals surface area contributed by atoms with E-state index in [9.17, 15) is 5.11 Å². The summed E-state index contributed by atoms with van der Waals surface area (Å²) in [5.74, 6) is 2.41. The number of nitrogens with one attached hydrogen (secondary N) is 2. The molecule has 1 aliphatic carbocycles. The Morgan fingerprint density at radius 3 is 2.56 bits per heavy atom. The lowest BCUT2D eigenvalue weighted by Gasteiger charge is -2.35. The molecule has 1 saturated carbocycles. The molecule has 39 heavy (non-hydrogen) atoms. The maximum absolute atomic E-state index is 9.99. The monoisotopic (exact) mass is 547 g/mol. The molecule has 2 fully saturated rings. The number of aliphatic hydroxyl groups excluding tert-OH is 1. The van der Waals surface area contributed by atoms with Crippen LogP contribution in [0.4, 0.5) is 16.8 Å². The minimum atomic E-state index is -0.250. The maximum atomic E-state index is 9.99. The fourth-order valence-corrected chi connectivity index (χ4v) is 6.09. The Bertz CT molecular complexity index is 1380. The number of benzene rings is 1. The van der Waals surface area contributed by atoms with Crippen molar-refractivity contribution in [2.24, 2.45) is 0 Å². The van der Waals surface area contributed by atoms with Gasteiger partial charge in [0.1, 0.15) is 16.5 Å². The van der Waals surface area contributed by atoms with Crippen LogP contribution >= 0.6 is 11.3 Å². The van der Waals surface area contributed by atoms with Crippen molar-refractivity contribution in [1.82, 2.24) is 25.1 Å². The molecule has 2 aliphatic rings. The summed E-state index contributed by atoms with van der Waals surface area (Å²) in [7, 11) is 0. The molecule has 10 nitrogen and oxygen atoms in total. The topological polar surface area (TPSA) is 121 Å². The predicted molar refractivity (Wildman–Crippen MR) is 151 cm³/mol. The molecule has 0 unspecified atom stereocenters. The molecule has 6 rings (SSSR count). The van der Waals surface area contributed by atoms with Gasteiger partial charge in [0.15, 0.2) is 5.13 Å². The van der Waals surface area contributed by atoms with E-state index in [1.807, 2.05) is 30.3 Å². The van der Waals surface area contributed by atoms with Crippen LogP contribution in [-0.4, -0.2) is 67.6 Å². The minimum Gasteiger partial charge on any atom is -0.415 e. The summed E-state index contributed by atoms with van der Waals surface area (Å²) in [6.07, 6.45) is 4.36. The molecule has 3 aromatic heterocycles. The summed E-state index contributed by atoms with van der Waals surface area (Å²) in [6, 6.07) is 14.1. The SMILES string of the molecule is C[C@@H]1CN(Cc2cc(Nc3ncc(-c4nnc(-c5ccccc5)o4)s3)nc(N[C@H]3CC[C@H](O)C3)c2)C[C@H](C)O1. The molecule has 1 saturated heterocycles. The molecule has 11 heteroatoms. The van der Waals surface area contributed by atoms with Crippen molar-refractivity contribution >= 4 is 28.1 Å². The van der Waals surface area contributed by atoms with Gasteiger partial charge in [0.2, 0.25) is 5.89 Å². The van der Waals surface area contributed by atoms with Gasteiger partial charge in [-0.25, -0.2) is 9.97 Å². The quantitative estimate of drug-likeness (QED) is 0.280. The average molecular weight is 548 g/mol. The largest absolute Gasteiger partial charge is 0.415 e. The highest BCUT2D eigenvalue weighted by Gasteiger charge is 2.25. The molecule has 1 aromatic carbocycles. The molecule has 0 radical (unpaired) electrons.